The molecule has 1 aromatic carbocycles. The molecule has 0 fully saturated rings. The summed E-state index contributed by atoms with van der Waals surface area (Å²) in [5.74, 6) is -2.10. The van der Waals surface area contributed by atoms with E-state index < -0.39 is 17.8 Å². The van der Waals surface area contributed by atoms with Crippen LogP contribution in [0.1, 0.15) is 24.2 Å². The number of carboxylic acid groups (broad SMARTS) is 1. The van der Waals surface area contributed by atoms with Gasteiger partial charge in [0, 0.05) is 6.54 Å². The van der Waals surface area contributed by atoms with E-state index in [0.29, 0.717) is 0 Å². The predicted molar refractivity (Wildman–Crippen MR) is 69.8 cm³/mol. The molecule has 1 aromatic rings. The number of hydrogen-bond donors (Lipinski definition) is 3. The molecular formula is C13H15FN2O3. The topological polar surface area (TPSA) is 78.4 Å². The molecule has 3 N–H and O–H groups in total. The summed E-state index contributed by atoms with van der Waals surface area (Å²) in [5.41, 5.74) is 0.388. The normalized spacial score (nSPS) is 9.63. The number of aromatic carboxylic acids is 1. The van der Waals surface area contributed by atoms with Gasteiger partial charge in [0.15, 0.2) is 0 Å². The number of benzene rings is 1. The lowest BCUT2D eigenvalue weighted by molar-refractivity contribution is 0.0697. The highest BCUT2D eigenvalue weighted by molar-refractivity contribution is 6.00. The van der Waals surface area contributed by atoms with E-state index in [1.165, 1.54) is 12.1 Å². The zero-order valence-corrected chi connectivity index (χ0v) is 10.7. The van der Waals surface area contributed by atoms with Crippen LogP contribution in [0.5, 0.6) is 0 Å². The summed E-state index contributed by atoms with van der Waals surface area (Å²) in [7, 11) is 0. The van der Waals surface area contributed by atoms with Crippen molar-refractivity contribution in [2.75, 3.05) is 11.9 Å². The Labute approximate surface area is 110 Å². The fraction of sp³-hybridized carbons (Fsp3) is 0.231. The van der Waals surface area contributed by atoms with Crippen molar-refractivity contribution in [1.82, 2.24) is 5.32 Å². The molecule has 102 valence electrons. The Balaban J connectivity index is 2.79. The summed E-state index contributed by atoms with van der Waals surface area (Å²) in [6.45, 7) is 4.03. The number of anilines is 1. The second-order valence-corrected chi connectivity index (χ2v) is 4.08. The monoisotopic (exact) mass is 266 g/mol. The first-order chi connectivity index (χ1) is 8.91. The van der Waals surface area contributed by atoms with Gasteiger partial charge in [0.1, 0.15) is 5.82 Å². The molecule has 0 aliphatic rings. The average molecular weight is 266 g/mol. The van der Waals surface area contributed by atoms with Crippen LogP contribution in [0.4, 0.5) is 14.9 Å². The molecule has 0 unspecified atom stereocenters. The van der Waals surface area contributed by atoms with E-state index in [0.717, 1.165) is 11.6 Å². The number of nitrogens with one attached hydrogen (secondary N) is 2. The number of allylic oxidation sites excluding steroid dienone is 1. The highest BCUT2D eigenvalue weighted by Crippen LogP contribution is 2.19. The van der Waals surface area contributed by atoms with Crippen LogP contribution < -0.4 is 10.6 Å². The van der Waals surface area contributed by atoms with Crippen LogP contribution in [0.2, 0.25) is 0 Å². The van der Waals surface area contributed by atoms with E-state index in [4.69, 9.17) is 5.11 Å². The maximum absolute atomic E-state index is 13.5. The van der Waals surface area contributed by atoms with Gasteiger partial charge < -0.3 is 15.7 Å². The number of carbonyl (C=O) groups excluding carboxylic acids is 1. The minimum atomic E-state index is -1.31. The number of carboxylic acids is 1. The van der Waals surface area contributed by atoms with Crippen LogP contribution in [0.25, 0.3) is 0 Å². The Morgan fingerprint density at radius 1 is 1.37 bits per heavy atom. The lowest BCUT2D eigenvalue weighted by atomic mass is 10.1. The Morgan fingerprint density at radius 3 is 2.63 bits per heavy atom. The highest BCUT2D eigenvalue weighted by atomic mass is 19.1. The molecule has 0 saturated carbocycles. The quantitative estimate of drug-likeness (QED) is 0.733. The number of hydrogen-bond acceptors (Lipinski definition) is 2. The van der Waals surface area contributed by atoms with Gasteiger partial charge in [-0.1, -0.05) is 17.7 Å². The van der Waals surface area contributed by atoms with Gasteiger partial charge in [-0.3, -0.25) is 0 Å². The molecule has 6 heteroatoms. The lowest BCUT2D eigenvalue weighted by Gasteiger charge is -2.09. The second-order valence-electron chi connectivity index (χ2n) is 4.08. The first-order valence-corrected chi connectivity index (χ1v) is 5.62. The fourth-order valence-electron chi connectivity index (χ4n) is 1.33. The number of urea groups is 1. The van der Waals surface area contributed by atoms with Gasteiger partial charge in [-0.05, 0) is 26.0 Å². The molecule has 0 heterocycles. The minimum absolute atomic E-state index is 0.283. The van der Waals surface area contributed by atoms with Crippen LogP contribution in [-0.2, 0) is 0 Å². The summed E-state index contributed by atoms with van der Waals surface area (Å²) in [4.78, 5) is 22.4. The van der Waals surface area contributed by atoms with Gasteiger partial charge in [-0.2, -0.15) is 0 Å². The Kier molecular flexibility index (Phi) is 5.05. The van der Waals surface area contributed by atoms with Crippen molar-refractivity contribution >= 4 is 17.7 Å². The van der Waals surface area contributed by atoms with Crippen molar-refractivity contribution in [3.8, 4) is 0 Å². The second kappa shape index (κ2) is 6.53. The summed E-state index contributed by atoms with van der Waals surface area (Å²) < 4.78 is 13.5. The van der Waals surface area contributed by atoms with Crippen LogP contribution in [0, 0.1) is 5.82 Å². The van der Waals surface area contributed by atoms with E-state index in [9.17, 15) is 14.0 Å². The maximum Gasteiger partial charge on any atom is 0.337 e. The minimum Gasteiger partial charge on any atom is -0.478 e. The van der Waals surface area contributed by atoms with E-state index in [1.54, 1.807) is 6.08 Å². The van der Waals surface area contributed by atoms with Gasteiger partial charge in [0.2, 0.25) is 0 Å². The molecular weight excluding hydrogens is 251 g/mol. The molecule has 0 spiro atoms. The van der Waals surface area contributed by atoms with Crippen molar-refractivity contribution < 1.29 is 19.1 Å². The molecule has 0 atom stereocenters. The number of amides is 2. The van der Waals surface area contributed by atoms with E-state index in [2.05, 4.69) is 10.6 Å². The summed E-state index contributed by atoms with van der Waals surface area (Å²) in [6.07, 6.45) is 1.78. The summed E-state index contributed by atoms with van der Waals surface area (Å²) in [5, 5.41) is 13.6. The van der Waals surface area contributed by atoms with Gasteiger partial charge in [0.05, 0.1) is 11.3 Å². The van der Waals surface area contributed by atoms with Crippen LogP contribution in [-0.4, -0.2) is 23.7 Å². The fourth-order valence-corrected chi connectivity index (χ4v) is 1.33. The Bertz CT molecular complexity index is 523. The van der Waals surface area contributed by atoms with E-state index in [1.807, 2.05) is 13.8 Å². The number of rotatable bonds is 4. The van der Waals surface area contributed by atoms with Crippen molar-refractivity contribution in [2.24, 2.45) is 0 Å². The Morgan fingerprint density at radius 2 is 2.05 bits per heavy atom. The molecule has 1 rings (SSSR count). The van der Waals surface area contributed by atoms with Crippen LogP contribution in [0.3, 0.4) is 0 Å². The van der Waals surface area contributed by atoms with Crippen molar-refractivity contribution in [2.45, 2.75) is 13.8 Å². The van der Waals surface area contributed by atoms with Crippen molar-refractivity contribution in [3.05, 3.63) is 41.2 Å². The summed E-state index contributed by atoms with van der Waals surface area (Å²) in [6, 6.07) is 2.91. The highest BCUT2D eigenvalue weighted by Gasteiger charge is 2.15. The molecule has 0 radical (unpaired) electrons. The third kappa shape index (κ3) is 4.42. The first kappa shape index (κ1) is 14.7. The molecule has 0 aliphatic heterocycles. The molecule has 0 saturated heterocycles. The van der Waals surface area contributed by atoms with Crippen LogP contribution >= 0.6 is 0 Å². The number of para-hydroxylation sites is 1. The van der Waals surface area contributed by atoms with E-state index >= 15 is 0 Å². The largest absolute Gasteiger partial charge is 0.478 e. The zero-order valence-electron chi connectivity index (χ0n) is 10.7. The maximum atomic E-state index is 13.5. The van der Waals surface area contributed by atoms with Gasteiger partial charge in [0.25, 0.3) is 0 Å². The van der Waals surface area contributed by atoms with Crippen molar-refractivity contribution in [1.29, 1.82) is 0 Å². The van der Waals surface area contributed by atoms with Gasteiger partial charge in [-0.15, -0.1) is 0 Å². The SMILES string of the molecule is CC(C)=CCNC(=O)Nc1c(F)cccc1C(=O)O. The lowest BCUT2D eigenvalue weighted by Crippen LogP contribution is -2.30. The average Bonchev–Trinajstić information content (AvgIpc) is 2.30. The van der Waals surface area contributed by atoms with Gasteiger partial charge in [-0.25, -0.2) is 14.0 Å². The molecule has 2 amide bonds. The van der Waals surface area contributed by atoms with Crippen molar-refractivity contribution in [3.63, 3.8) is 0 Å². The van der Waals surface area contributed by atoms with Gasteiger partial charge >= 0.3 is 12.0 Å². The molecule has 5 nitrogen and oxygen atoms in total. The smallest absolute Gasteiger partial charge is 0.337 e. The molecule has 19 heavy (non-hydrogen) atoms. The molecule has 0 aromatic heterocycles. The predicted octanol–water partition coefficient (Wildman–Crippen LogP) is 2.61. The Hall–Kier alpha value is -2.37. The van der Waals surface area contributed by atoms with Crippen LogP contribution in [0.15, 0.2) is 29.8 Å². The molecule has 0 bridgehead atoms. The van der Waals surface area contributed by atoms with E-state index in [-0.39, 0.29) is 17.8 Å². The standard InChI is InChI=1S/C13H15FN2O3/c1-8(2)6-7-15-13(19)16-11-9(12(17)18)4-3-5-10(11)14/h3-6H,7H2,1-2H3,(H,17,18)(H2,15,16,19). The third-order valence-corrected chi connectivity index (χ3v) is 2.26. The number of carbonyl (C=O) groups is 2. The zero-order chi connectivity index (χ0) is 14.4. The summed E-state index contributed by atoms with van der Waals surface area (Å²) >= 11 is 0. The first-order valence-electron chi connectivity index (χ1n) is 5.62. The number of halogens is 1. The molecule has 0 aliphatic carbocycles. The third-order valence-electron chi connectivity index (χ3n) is 2.26.